The minimum atomic E-state index is -1.24. The van der Waals surface area contributed by atoms with E-state index in [1.807, 2.05) is 0 Å². The van der Waals surface area contributed by atoms with E-state index in [0.717, 1.165) is 0 Å². The largest absolute Gasteiger partial charge is 0.449 e. The van der Waals surface area contributed by atoms with Gasteiger partial charge in [0.25, 0.3) is 5.91 Å². The molecule has 0 aromatic heterocycles. The molecule has 5 N–H and O–H groups in total. The number of nitrogen functional groups attached to an aromatic ring is 1. The Kier molecular flexibility index (Phi) is 5.18. The van der Waals surface area contributed by atoms with Crippen molar-refractivity contribution in [1.82, 2.24) is 5.32 Å². The fourth-order valence-electron chi connectivity index (χ4n) is 1.25. The Labute approximate surface area is 124 Å². The molecular formula is C11H11Cl2N3O4. The number of imide groups is 1. The Bertz CT molecular complexity index is 577. The summed E-state index contributed by atoms with van der Waals surface area (Å²) in [7, 11) is 0. The lowest BCUT2D eigenvalue weighted by molar-refractivity contribution is -0.127. The molecule has 0 bridgehead atoms. The van der Waals surface area contributed by atoms with Gasteiger partial charge in [-0.15, -0.1) is 0 Å². The van der Waals surface area contributed by atoms with Crippen molar-refractivity contribution in [3.8, 4) is 0 Å². The number of anilines is 1. The second-order valence-corrected chi connectivity index (χ2v) is 4.59. The molecule has 0 saturated heterocycles. The Balaban J connectivity index is 2.87. The molecule has 0 aliphatic heterocycles. The zero-order chi connectivity index (χ0) is 15.4. The van der Waals surface area contributed by atoms with Gasteiger partial charge >= 0.3 is 12.0 Å². The van der Waals surface area contributed by atoms with Gasteiger partial charge in [0, 0.05) is 5.02 Å². The number of carbonyl (C=O) groups excluding carboxylic acids is 3. The van der Waals surface area contributed by atoms with Crippen LogP contribution in [0.15, 0.2) is 12.1 Å². The van der Waals surface area contributed by atoms with Gasteiger partial charge in [-0.1, -0.05) is 23.2 Å². The Morgan fingerprint density at radius 3 is 2.45 bits per heavy atom. The van der Waals surface area contributed by atoms with Gasteiger partial charge in [0.05, 0.1) is 16.3 Å². The number of halogens is 2. The highest BCUT2D eigenvalue weighted by atomic mass is 35.5. The molecule has 0 heterocycles. The number of nitrogens with one attached hydrogen (secondary N) is 1. The van der Waals surface area contributed by atoms with E-state index in [1.165, 1.54) is 19.1 Å². The summed E-state index contributed by atoms with van der Waals surface area (Å²) in [5.74, 6) is -1.77. The summed E-state index contributed by atoms with van der Waals surface area (Å²) in [6, 6.07) is 1.56. The van der Waals surface area contributed by atoms with Crippen LogP contribution in [0.1, 0.15) is 17.3 Å². The maximum atomic E-state index is 11.9. The smallest absolute Gasteiger partial charge is 0.341 e. The SMILES string of the molecule is C[C@@H](OC(=O)c1cc(Cl)cc(Cl)c1N)C(=O)NC(N)=O. The van der Waals surface area contributed by atoms with Gasteiger partial charge in [0.2, 0.25) is 0 Å². The molecular weight excluding hydrogens is 309 g/mol. The molecule has 0 unspecified atom stereocenters. The molecule has 0 aliphatic carbocycles. The number of hydrogen-bond acceptors (Lipinski definition) is 5. The molecule has 0 saturated carbocycles. The highest BCUT2D eigenvalue weighted by Crippen LogP contribution is 2.28. The van der Waals surface area contributed by atoms with Crippen molar-refractivity contribution < 1.29 is 19.1 Å². The minimum absolute atomic E-state index is 0.0245. The van der Waals surface area contributed by atoms with E-state index in [0.29, 0.717) is 0 Å². The predicted molar refractivity (Wildman–Crippen MR) is 73.5 cm³/mol. The van der Waals surface area contributed by atoms with E-state index in [2.05, 4.69) is 0 Å². The molecule has 1 atom stereocenters. The predicted octanol–water partition coefficient (Wildman–Crippen LogP) is 1.32. The second-order valence-electron chi connectivity index (χ2n) is 3.75. The van der Waals surface area contributed by atoms with Gasteiger partial charge in [-0.3, -0.25) is 10.1 Å². The van der Waals surface area contributed by atoms with Crippen LogP contribution in [0.2, 0.25) is 10.0 Å². The number of esters is 1. The maximum Gasteiger partial charge on any atom is 0.341 e. The Morgan fingerprint density at radius 1 is 1.30 bits per heavy atom. The average molecular weight is 320 g/mol. The molecule has 0 spiro atoms. The molecule has 0 fully saturated rings. The van der Waals surface area contributed by atoms with Crippen LogP contribution in [0, 0.1) is 0 Å². The van der Waals surface area contributed by atoms with E-state index in [9.17, 15) is 14.4 Å². The topological polar surface area (TPSA) is 125 Å². The number of carbonyl (C=O) groups is 3. The number of primary amides is 1. The van der Waals surface area contributed by atoms with Crippen molar-refractivity contribution in [2.24, 2.45) is 5.73 Å². The summed E-state index contributed by atoms with van der Waals surface area (Å²) >= 11 is 11.5. The standard InChI is InChI=1S/C11H11Cl2N3O4/c1-4(9(17)16-11(15)19)20-10(18)6-2-5(12)3-7(13)8(6)14/h2-4H,14H2,1H3,(H3,15,16,17,19)/t4-/m1/s1. The normalized spacial score (nSPS) is 11.6. The number of nitrogens with two attached hydrogens (primary N) is 2. The van der Waals surface area contributed by atoms with Crippen LogP contribution in [-0.4, -0.2) is 24.0 Å². The number of benzene rings is 1. The fraction of sp³-hybridized carbons (Fsp3) is 0.182. The first-order valence-electron chi connectivity index (χ1n) is 5.28. The molecule has 1 aromatic rings. The highest BCUT2D eigenvalue weighted by Gasteiger charge is 2.22. The molecule has 0 radical (unpaired) electrons. The fourth-order valence-corrected chi connectivity index (χ4v) is 1.75. The maximum absolute atomic E-state index is 11.9. The van der Waals surface area contributed by atoms with E-state index >= 15 is 0 Å². The minimum Gasteiger partial charge on any atom is -0.449 e. The molecule has 1 aromatic carbocycles. The van der Waals surface area contributed by atoms with Gasteiger partial charge in [-0.25, -0.2) is 9.59 Å². The van der Waals surface area contributed by atoms with Crippen molar-refractivity contribution in [3.63, 3.8) is 0 Å². The Morgan fingerprint density at radius 2 is 1.90 bits per heavy atom. The third-order valence-corrected chi connectivity index (χ3v) is 2.74. The van der Waals surface area contributed by atoms with Crippen molar-refractivity contribution in [2.45, 2.75) is 13.0 Å². The number of ether oxygens (including phenoxy) is 1. The van der Waals surface area contributed by atoms with Gasteiger partial charge in [-0.05, 0) is 19.1 Å². The van der Waals surface area contributed by atoms with Crippen LogP contribution in [-0.2, 0) is 9.53 Å². The summed E-state index contributed by atoms with van der Waals surface area (Å²) in [6.07, 6.45) is -1.24. The summed E-state index contributed by atoms with van der Waals surface area (Å²) < 4.78 is 4.83. The molecule has 108 valence electrons. The number of amides is 3. The lowest BCUT2D eigenvalue weighted by Crippen LogP contribution is -2.42. The monoisotopic (exact) mass is 319 g/mol. The van der Waals surface area contributed by atoms with Crippen LogP contribution in [0.3, 0.4) is 0 Å². The average Bonchev–Trinajstić information content (AvgIpc) is 2.32. The first-order chi connectivity index (χ1) is 9.22. The van der Waals surface area contributed by atoms with Crippen LogP contribution < -0.4 is 16.8 Å². The van der Waals surface area contributed by atoms with Crippen molar-refractivity contribution in [2.75, 3.05) is 5.73 Å². The quantitative estimate of drug-likeness (QED) is 0.572. The van der Waals surface area contributed by atoms with Crippen LogP contribution in [0.5, 0.6) is 0 Å². The first kappa shape index (κ1) is 16.1. The molecule has 20 heavy (non-hydrogen) atoms. The summed E-state index contributed by atoms with van der Waals surface area (Å²) in [5.41, 5.74) is 10.3. The zero-order valence-corrected chi connectivity index (χ0v) is 11.8. The van der Waals surface area contributed by atoms with Gasteiger partial charge in [-0.2, -0.15) is 0 Å². The van der Waals surface area contributed by atoms with Crippen LogP contribution in [0.25, 0.3) is 0 Å². The second kappa shape index (κ2) is 6.44. The van der Waals surface area contributed by atoms with E-state index < -0.39 is 24.0 Å². The van der Waals surface area contributed by atoms with E-state index in [4.69, 9.17) is 39.4 Å². The van der Waals surface area contributed by atoms with Crippen LogP contribution in [0.4, 0.5) is 10.5 Å². The number of urea groups is 1. The first-order valence-corrected chi connectivity index (χ1v) is 6.03. The summed E-state index contributed by atoms with van der Waals surface area (Å²) in [5, 5.41) is 2.04. The summed E-state index contributed by atoms with van der Waals surface area (Å²) in [4.78, 5) is 33.7. The third-order valence-electron chi connectivity index (χ3n) is 2.21. The highest BCUT2D eigenvalue weighted by molar-refractivity contribution is 6.37. The van der Waals surface area contributed by atoms with Crippen molar-refractivity contribution in [1.29, 1.82) is 0 Å². The molecule has 9 heteroatoms. The summed E-state index contributed by atoms with van der Waals surface area (Å²) in [6.45, 7) is 1.26. The number of hydrogen-bond donors (Lipinski definition) is 3. The Hall–Kier alpha value is -1.99. The van der Waals surface area contributed by atoms with Crippen molar-refractivity contribution >= 4 is 46.8 Å². The van der Waals surface area contributed by atoms with E-state index in [-0.39, 0.29) is 21.3 Å². The molecule has 0 aliphatic rings. The van der Waals surface area contributed by atoms with Gasteiger partial charge < -0.3 is 16.2 Å². The lowest BCUT2D eigenvalue weighted by Gasteiger charge is -2.13. The van der Waals surface area contributed by atoms with E-state index in [1.54, 1.807) is 5.32 Å². The van der Waals surface area contributed by atoms with Crippen LogP contribution >= 0.6 is 23.2 Å². The third kappa shape index (κ3) is 4.01. The molecule has 7 nitrogen and oxygen atoms in total. The zero-order valence-electron chi connectivity index (χ0n) is 10.3. The van der Waals surface area contributed by atoms with Crippen molar-refractivity contribution in [3.05, 3.63) is 27.7 Å². The molecule has 1 rings (SSSR count). The molecule has 3 amide bonds. The lowest BCUT2D eigenvalue weighted by atomic mass is 10.2. The van der Waals surface area contributed by atoms with Gasteiger partial charge in [0.1, 0.15) is 0 Å². The van der Waals surface area contributed by atoms with Gasteiger partial charge in [0.15, 0.2) is 6.10 Å². The number of rotatable bonds is 3.